The molecule has 0 aliphatic heterocycles. The highest BCUT2D eigenvalue weighted by Crippen LogP contribution is 2.32. The first-order chi connectivity index (χ1) is 7.63. The maximum absolute atomic E-state index is 6.06. The molecule has 3 nitrogen and oxygen atoms in total. The molecular weight excluding hydrogens is 228 g/mol. The predicted molar refractivity (Wildman–Crippen MR) is 73.0 cm³/mol. The molecule has 1 aromatic heterocycles. The second-order valence-corrected chi connectivity index (χ2v) is 7.74. The van der Waals surface area contributed by atoms with E-state index in [0.29, 0.717) is 15.6 Å². The molecule has 0 aliphatic carbocycles. The third-order valence-electron chi connectivity index (χ3n) is 2.50. The summed E-state index contributed by atoms with van der Waals surface area (Å²) in [5.41, 5.74) is 7.63. The van der Waals surface area contributed by atoms with Crippen molar-refractivity contribution in [3.63, 3.8) is 0 Å². The summed E-state index contributed by atoms with van der Waals surface area (Å²) in [6.07, 6.45) is 1.74. The summed E-state index contributed by atoms with van der Waals surface area (Å²) in [6.45, 7) is 12.7. The van der Waals surface area contributed by atoms with Gasteiger partial charge in [-0.3, -0.25) is 0 Å². The van der Waals surface area contributed by atoms with E-state index in [9.17, 15) is 0 Å². The van der Waals surface area contributed by atoms with E-state index in [4.69, 9.17) is 10.2 Å². The number of nitrogens with two attached hydrogens (primary N) is 1. The summed E-state index contributed by atoms with van der Waals surface area (Å²) in [4.78, 5) is 4.09. The van der Waals surface area contributed by atoms with Crippen molar-refractivity contribution in [2.75, 3.05) is 5.73 Å². The maximum atomic E-state index is 6.06. The molecule has 0 aliphatic rings. The monoisotopic (exact) mass is 250 g/mol. The van der Waals surface area contributed by atoms with Crippen molar-refractivity contribution in [2.45, 2.75) is 52.2 Å². The molecule has 4 heteroatoms. The lowest BCUT2D eigenvalue weighted by Crippen LogP contribution is -2.28. The number of pyridine rings is 1. The third-order valence-corrected chi connectivity index (χ3v) is 3.73. The van der Waals surface area contributed by atoms with E-state index in [-0.39, 0.29) is 10.6 Å². The summed E-state index contributed by atoms with van der Waals surface area (Å²) in [6, 6.07) is 1.98. The summed E-state index contributed by atoms with van der Waals surface area (Å²) < 4.78 is 6.06. The molecule has 94 valence electrons. The average Bonchev–Trinajstić information content (AvgIpc) is 2.18. The molecule has 17 heavy (non-hydrogen) atoms. The molecule has 0 saturated heterocycles. The van der Waals surface area contributed by atoms with Crippen LogP contribution in [-0.4, -0.2) is 14.7 Å². The Morgan fingerprint density at radius 1 is 1.24 bits per heavy atom. The standard InChI is InChI=1S/C13H22N2OSi/c1-9-10(7-8-15-11(9)14)13(5,6)16-17-12(2,3)4/h7-8H,1-6H3,(H2,14,15). The van der Waals surface area contributed by atoms with Crippen molar-refractivity contribution in [2.24, 2.45) is 0 Å². The van der Waals surface area contributed by atoms with Crippen LogP contribution in [0, 0.1) is 6.92 Å². The summed E-state index contributed by atoms with van der Waals surface area (Å²) >= 11 is 0. The Balaban J connectivity index is 2.93. The molecule has 1 aromatic rings. The molecular formula is C13H22N2OSi. The van der Waals surface area contributed by atoms with Gasteiger partial charge in [0.25, 0.3) is 0 Å². The van der Waals surface area contributed by atoms with E-state index in [1.165, 1.54) is 0 Å². The Hall–Kier alpha value is -0.873. The Labute approximate surface area is 107 Å². The van der Waals surface area contributed by atoms with Gasteiger partial charge in [-0.2, -0.15) is 0 Å². The SMILES string of the molecule is Cc1c(C(C)(C)O[Si]C(C)(C)C)ccnc1N. The van der Waals surface area contributed by atoms with Crippen LogP contribution in [0.3, 0.4) is 0 Å². The van der Waals surface area contributed by atoms with Gasteiger partial charge in [0, 0.05) is 6.20 Å². The highest BCUT2D eigenvalue weighted by molar-refractivity contribution is 6.31. The molecule has 0 aromatic carbocycles. The van der Waals surface area contributed by atoms with Gasteiger partial charge in [0.15, 0.2) is 0 Å². The van der Waals surface area contributed by atoms with Crippen LogP contribution in [0.4, 0.5) is 5.82 Å². The molecule has 0 bridgehead atoms. The number of aromatic nitrogens is 1. The Kier molecular flexibility index (Phi) is 3.99. The average molecular weight is 250 g/mol. The lowest BCUT2D eigenvalue weighted by atomic mass is 9.95. The lowest BCUT2D eigenvalue weighted by molar-refractivity contribution is 0.109. The second kappa shape index (κ2) is 4.78. The van der Waals surface area contributed by atoms with Gasteiger partial charge in [-0.25, -0.2) is 4.98 Å². The van der Waals surface area contributed by atoms with Gasteiger partial charge in [0.2, 0.25) is 9.76 Å². The fraction of sp³-hybridized carbons (Fsp3) is 0.615. The zero-order chi connectivity index (χ0) is 13.3. The predicted octanol–water partition coefficient (Wildman–Crippen LogP) is 3.06. The van der Waals surface area contributed by atoms with Crippen LogP contribution < -0.4 is 5.73 Å². The normalized spacial score (nSPS) is 12.8. The van der Waals surface area contributed by atoms with Crippen LogP contribution >= 0.6 is 0 Å². The summed E-state index contributed by atoms with van der Waals surface area (Å²) in [7, 11) is 0.450. The number of hydrogen-bond acceptors (Lipinski definition) is 3. The van der Waals surface area contributed by atoms with Crippen molar-refractivity contribution < 1.29 is 4.43 Å². The zero-order valence-corrected chi connectivity index (χ0v) is 12.6. The van der Waals surface area contributed by atoms with E-state index in [2.05, 4.69) is 39.6 Å². The molecule has 0 atom stereocenters. The van der Waals surface area contributed by atoms with E-state index in [0.717, 1.165) is 11.1 Å². The quantitative estimate of drug-likeness (QED) is 0.839. The van der Waals surface area contributed by atoms with Crippen molar-refractivity contribution in [1.29, 1.82) is 0 Å². The fourth-order valence-electron chi connectivity index (χ4n) is 1.54. The van der Waals surface area contributed by atoms with Crippen molar-refractivity contribution in [3.05, 3.63) is 23.4 Å². The number of rotatable bonds is 3. The number of anilines is 1. The molecule has 1 heterocycles. The van der Waals surface area contributed by atoms with E-state index < -0.39 is 0 Å². The van der Waals surface area contributed by atoms with Crippen LogP contribution in [0.25, 0.3) is 0 Å². The van der Waals surface area contributed by atoms with Gasteiger partial charge < -0.3 is 10.2 Å². The minimum atomic E-state index is -0.327. The summed E-state index contributed by atoms with van der Waals surface area (Å²) in [5.74, 6) is 0.582. The van der Waals surface area contributed by atoms with Crippen LogP contribution in [0.15, 0.2) is 12.3 Å². The van der Waals surface area contributed by atoms with Crippen LogP contribution in [0.5, 0.6) is 0 Å². The van der Waals surface area contributed by atoms with Crippen molar-refractivity contribution in [3.8, 4) is 0 Å². The summed E-state index contributed by atoms with van der Waals surface area (Å²) in [5, 5.41) is 0.184. The molecule has 2 N–H and O–H groups in total. The first-order valence-electron chi connectivity index (χ1n) is 5.80. The molecule has 2 radical (unpaired) electrons. The van der Waals surface area contributed by atoms with Crippen LogP contribution in [0.2, 0.25) is 5.04 Å². The van der Waals surface area contributed by atoms with Gasteiger partial charge in [-0.05, 0) is 43.0 Å². The largest absolute Gasteiger partial charge is 0.408 e. The second-order valence-electron chi connectivity index (χ2n) is 5.83. The molecule has 0 saturated carbocycles. The Morgan fingerprint density at radius 2 is 1.82 bits per heavy atom. The first kappa shape index (κ1) is 14.2. The third kappa shape index (κ3) is 3.82. The smallest absolute Gasteiger partial charge is 0.236 e. The molecule has 0 amide bonds. The minimum absolute atomic E-state index is 0.184. The van der Waals surface area contributed by atoms with Crippen LogP contribution in [-0.2, 0) is 10.0 Å². The molecule has 0 spiro atoms. The minimum Gasteiger partial charge on any atom is -0.408 e. The van der Waals surface area contributed by atoms with Crippen molar-refractivity contribution >= 4 is 15.6 Å². The highest BCUT2D eigenvalue weighted by Gasteiger charge is 2.27. The number of nitrogen functional groups attached to an aromatic ring is 1. The van der Waals surface area contributed by atoms with Crippen LogP contribution in [0.1, 0.15) is 45.7 Å². The van der Waals surface area contributed by atoms with E-state index in [1.54, 1.807) is 6.20 Å². The molecule has 1 rings (SSSR count). The molecule has 0 fully saturated rings. The molecule has 0 unspecified atom stereocenters. The highest BCUT2D eigenvalue weighted by atomic mass is 28.2. The first-order valence-corrected chi connectivity index (χ1v) is 6.71. The Bertz CT molecular complexity index is 397. The zero-order valence-electron chi connectivity index (χ0n) is 11.6. The van der Waals surface area contributed by atoms with Crippen molar-refractivity contribution in [1.82, 2.24) is 4.98 Å². The van der Waals surface area contributed by atoms with Gasteiger partial charge in [-0.15, -0.1) is 0 Å². The topological polar surface area (TPSA) is 48.1 Å². The lowest BCUT2D eigenvalue weighted by Gasteiger charge is -2.31. The number of hydrogen-bond donors (Lipinski definition) is 1. The fourth-order valence-corrected chi connectivity index (χ4v) is 2.21. The maximum Gasteiger partial charge on any atom is 0.236 e. The van der Waals surface area contributed by atoms with Gasteiger partial charge in [0.1, 0.15) is 5.82 Å². The van der Waals surface area contributed by atoms with Gasteiger partial charge >= 0.3 is 0 Å². The Morgan fingerprint density at radius 3 is 2.35 bits per heavy atom. The van der Waals surface area contributed by atoms with E-state index in [1.807, 2.05) is 13.0 Å². The number of nitrogens with zero attached hydrogens (tertiary/aromatic N) is 1. The van der Waals surface area contributed by atoms with Gasteiger partial charge in [-0.1, -0.05) is 20.8 Å². The van der Waals surface area contributed by atoms with Gasteiger partial charge in [0.05, 0.1) is 5.60 Å². The van der Waals surface area contributed by atoms with E-state index >= 15 is 0 Å².